The zero-order chi connectivity index (χ0) is 14.6. The Hall–Kier alpha value is -1.57. The Morgan fingerprint density at radius 2 is 2.11 bits per heavy atom. The van der Waals surface area contributed by atoms with Crippen LogP contribution in [0.15, 0.2) is 6.07 Å². The molecule has 19 heavy (non-hydrogen) atoms. The second-order valence-corrected chi connectivity index (χ2v) is 4.17. The second kappa shape index (κ2) is 6.05. The molecule has 0 aromatic carbocycles. The highest BCUT2D eigenvalue weighted by Gasteiger charge is 2.35. The highest BCUT2D eigenvalue weighted by Crippen LogP contribution is 2.29. The predicted octanol–water partition coefficient (Wildman–Crippen LogP) is 1.71. The van der Waals surface area contributed by atoms with Gasteiger partial charge in [0, 0.05) is 26.1 Å². The van der Waals surface area contributed by atoms with Gasteiger partial charge in [0.15, 0.2) is 5.69 Å². The van der Waals surface area contributed by atoms with Crippen molar-refractivity contribution in [1.82, 2.24) is 15.1 Å². The first-order chi connectivity index (χ1) is 8.71. The number of carbonyl (C=O) groups is 2. The minimum atomic E-state index is -4.56. The molecule has 0 spiro atoms. The number of rotatable bonds is 5. The van der Waals surface area contributed by atoms with Gasteiger partial charge in [-0.1, -0.05) is 0 Å². The summed E-state index contributed by atoms with van der Waals surface area (Å²) in [6.45, 7) is 0.134. The quantitative estimate of drug-likeness (QED) is 0.665. The van der Waals surface area contributed by atoms with E-state index in [1.165, 1.54) is 0 Å². The van der Waals surface area contributed by atoms with Gasteiger partial charge in [-0.3, -0.25) is 14.3 Å². The number of hydrogen-bond donors (Lipinski definition) is 1. The molecule has 106 valence electrons. The zero-order valence-electron chi connectivity index (χ0n) is 9.92. The van der Waals surface area contributed by atoms with Crippen molar-refractivity contribution in [3.63, 3.8) is 0 Å². The molecule has 1 heterocycles. The third kappa shape index (κ3) is 4.55. The first-order valence-corrected chi connectivity index (χ1v) is 5.67. The van der Waals surface area contributed by atoms with E-state index in [1.807, 2.05) is 0 Å². The van der Waals surface area contributed by atoms with Gasteiger partial charge in [-0.2, -0.15) is 18.3 Å². The topological polar surface area (TPSA) is 64.0 Å². The monoisotopic (exact) mass is 297 g/mol. The summed E-state index contributed by atoms with van der Waals surface area (Å²) in [5.41, 5.74) is -1.33. The number of carbonyl (C=O) groups excluding carboxylic acids is 2. The van der Waals surface area contributed by atoms with Crippen molar-refractivity contribution in [3.05, 3.63) is 17.5 Å². The van der Waals surface area contributed by atoms with Gasteiger partial charge in [-0.15, -0.1) is 0 Å². The largest absolute Gasteiger partial charge is 0.433 e. The zero-order valence-corrected chi connectivity index (χ0v) is 10.7. The first-order valence-electron chi connectivity index (χ1n) is 5.29. The van der Waals surface area contributed by atoms with Crippen LogP contribution in [0.2, 0.25) is 0 Å². The lowest BCUT2D eigenvalue weighted by atomic mass is 10.3. The molecule has 0 aliphatic carbocycles. The standard InChI is InChI=1S/C10H11ClF3N3O2/c1-17-7(10(12,13)14)5-6(16-17)9(19)15-4-2-3-8(11)18/h5H,2-4H2,1H3,(H,15,19). The molecule has 1 aromatic rings. The fourth-order valence-electron chi connectivity index (χ4n) is 1.36. The summed E-state index contributed by atoms with van der Waals surface area (Å²) >= 11 is 5.09. The van der Waals surface area contributed by atoms with Crippen molar-refractivity contribution in [2.24, 2.45) is 7.05 Å². The van der Waals surface area contributed by atoms with Gasteiger partial charge in [0.05, 0.1) is 0 Å². The van der Waals surface area contributed by atoms with E-state index in [4.69, 9.17) is 11.6 Å². The van der Waals surface area contributed by atoms with Crippen LogP contribution in [-0.4, -0.2) is 27.5 Å². The fraction of sp³-hybridized carbons (Fsp3) is 0.500. The van der Waals surface area contributed by atoms with Crippen LogP contribution in [0.3, 0.4) is 0 Å². The number of aromatic nitrogens is 2. The van der Waals surface area contributed by atoms with Gasteiger partial charge in [0.2, 0.25) is 5.24 Å². The Morgan fingerprint density at radius 1 is 1.47 bits per heavy atom. The normalized spacial score (nSPS) is 11.4. The molecule has 0 aliphatic rings. The molecule has 0 saturated heterocycles. The van der Waals surface area contributed by atoms with Gasteiger partial charge in [0.25, 0.3) is 5.91 Å². The van der Waals surface area contributed by atoms with E-state index in [2.05, 4.69) is 10.4 Å². The number of halogens is 4. The minimum absolute atomic E-state index is 0.0812. The third-order valence-electron chi connectivity index (χ3n) is 2.24. The van der Waals surface area contributed by atoms with Crippen molar-refractivity contribution < 1.29 is 22.8 Å². The van der Waals surface area contributed by atoms with Crippen LogP contribution in [0.5, 0.6) is 0 Å². The van der Waals surface area contributed by atoms with Crippen LogP contribution in [0.1, 0.15) is 29.0 Å². The number of nitrogens with one attached hydrogen (secondary N) is 1. The van der Waals surface area contributed by atoms with Gasteiger partial charge < -0.3 is 5.32 Å². The summed E-state index contributed by atoms with van der Waals surface area (Å²) in [6.07, 6.45) is -4.17. The van der Waals surface area contributed by atoms with Gasteiger partial charge >= 0.3 is 6.18 Å². The van der Waals surface area contributed by atoms with E-state index in [0.717, 1.165) is 7.05 Å². The summed E-state index contributed by atoms with van der Waals surface area (Å²) < 4.78 is 38.0. The highest BCUT2D eigenvalue weighted by atomic mass is 35.5. The molecule has 0 atom stereocenters. The molecular formula is C10H11ClF3N3O2. The Bertz CT molecular complexity index is 485. The van der Waals surface area contributed by atoms with E-state index in [0.29, 0.717) is 17.2 Å². The molecule has 1 N–H and O–H groups in total. The number of amides is 1. The van der Waals surface area contributed by atoms with E-state index >= 15 is 0 Å². The van der Waals surface area contributed by atoms with Gasteiger partial charge in [-0.25, -0.2) is 0 Å². The number of nitrogens with zero attached hydrogens (tertiary/aromatic N) is 2. The van der Waals surface area contributed by atoms with Crippen molar-refractivity contribution in [2.45, 2.75) is 19.0 Å². The molecule has 0 aliphatic heterocycles. The molecule has 9 heteroatoms. The number of aryl methyl sites for hydroxylation is 1. The SMILES string of the molecule is Cn1nc(C(=O)NCCCC(=O)Cl)cc1C(F)(F)F. The van der Waals surface area contributed by atoms with Gasteiger partial charge in [0.1, 0.15) is 5.69 Å². The Kier molecular flexibility index (Phi) is 4.93. The fourth-order valence-corrected chi connectivity index (χ4v) is 1.50. The molecule has 0 bridgehead atoms. The molecule has 5 nitrogen and oxygen atoms in total. The van der Waals surface area contributed by atoms with Gasteiger partial charge in [-0.05, 0) is 18.0 Å². The summed E-state index contributed by atoms with van der Waals surface area (Å²) in [4.78, 5) is 21.9. The lowest BCUT2D eigenvalue weighted by Crippen LogP contribution is -2.25. The van der Waals surface area contributed by atoms with Crippen molar-refractivity contribution in [3.8, 4) is 0 Å². The summed E-state index contributed by atoms with van der Waals surface area (Å²) in [5.74, 6) is -0.729. The predicted molar refractivity (Wildman–Crippen MR) is 60.6 cm³/mol. The Balaban J connectivity index is 2.61. The lowest BCUT2D eigenvalue weighted by molar-refractivity contribution is -0.143. The molecule has 0 fully saturated rings. The lowest BCUT2D eigenvalue weighted by Gasteiger charge is -2.04. The molecular weight excluding hydrogens is 287 g/mol. The van der Waals surface area contributed by atoms with Crippen LogP contribution in [0.25, 0.3) is 0 Å². The van der Waals surface area contributed by atoms with Crippen molar-refractivity contribution in [2.75, 3.05) is 6.54 Å². The average molecular weight is 298 g/mol. The Labute approximate surface area is 111 Å². The number of alkyl halides is 3. The molecule has 1 rings (SSSR count). The molecule has 1 amide bonds. The second-order valence-electron chi connectivity index (χ2n) is 3.75. The van der Waals surface area contributed by atoms with E-state index in [1.54, 1.807) is 0 Å². The smallest absolute Gasteiger partial charge is 0.351 e. The maximum absolute atomic E-state index is 12.5. The number of hydrogen-bond acceptors (Lipinski definition) is 3. The van der Waals surface area contributed by atoms with E-state index < -0.39 is 23.0 Å². The maximum Gasteiger partial charge on any atom is 0.433 e. The third-order valence-corrected chi connectivity index (χ3v) is 2.43. The van der Waals surface area contributed by atoms with Crippen LogP contribution in [0, 0.1) is 0 Å². The van der Waals surface area contributed by atoms with Crippen LogP contribution in [-0.2, 0) is 18.0 Å². The molecule has 0 saturated carbocycles. The molecule has 0 radical (unpaired) electrons. The maximum atomic E-state index is 12.5. The van der Waals surface area contributed by atoms with Crippen LogP contribution < -0.4 is 5.32 Å². The van der Waals surface area contributed by atoms with E-state index in [-0.39, 0.29) is 18.7 Å². The minimum Gasteiger partial charge on any atom is -0.351 e. The van der Waals surface area contributed by atoms with Crippen molar-refractivity contribution in [1.29, 1.82) is 0 Å². The average Bonchev–Trinajstić information content (AvgIpc) is 2.66. The highest BCUT2D eigenvalue weighted by molar-refractivity contribution is 6.63. The van der Waals surface area contributed by atoms with E-state index in [9.17, 15) is 22.8 Å². The van der Waals surface area contributed by atoms with Crippen LogP contribution >= 0.6 is 11.6 Å². The first kappa shape index (κ1) is 15.5. The van der Waals surface area contributed by atoms with Crippen LogP contribution in [0.4, 0.5) is 13.2 Å². The van der Waals surface area contributed by atoms with Crippen molar-refractivity contribution >= 4 is 22.8 Å². The summed E-state index contributed by atoms with van der Waals surface area (Å²) in [6, 6.07) is 0.669. The molecule has 1 aromatic heterocycles. The Morgan fingerprint density at radius 3 is 2.58 bits per heavy atom. The summed E-state index contributed by atoms with van der Waals surface area (Å²) in [7, 11) is 1.10. The summed E-state index contributed by atoms with van der Waals surface area (Å²) in [5, 5.41) is 5.30. The molecule has 0 unspecified atom stereocenters.